The lowest BCUT2D eigenvalue weighted by Crippen LogP contribution is -2.26. The van der Waals surface area contributed by atoms with Gasteiger partial charge in [-0.05, 0) is 56.2 Å². The molecule has 0 saturated carbocycles. The van der Waals surface area contributed by atoms with E-state index < -0.39 is 5.91 Å². The Morgan fingerprint density at radius 1 is 1.07 bits per heavy atom. The lowest BCUT2D eigenvalue weighted by molar-refractivity contribution is -0.123. The molecule has 7 heteroatoms. The molecule has 2 N–H and O–H groups in total. The number of nitrogens with one attached hydrogen (secondary N) is 2. The second-order valence-electron chi connectivity index (χ2n) is 6.12. The Morgan fingerprint density at radius 3 is 2.52 bits per heavy atom. The molecule has 0 aromatic heterocycles. The lowest BCUT2D eigenvalue weighted by Gasteiger charge is -2.09. The second kappa shape index (κ2) is 9.87. The summed E-state index contributed by atoms with van der Waals surface area (Å²) in [6.45, 7) is 5.34. The predicted octanol–water partition coefficient (Wildman–Crippen LogP) is 3.97. The van der Waals surface area contributed by atoms with Crippen LogP contribution in [0, 0.1) is 13.8 Å². The van der Waals surface area contributed by atoms with E-state index >= 15 is 0 Å². The third-order valence-electron chi connectivity index (χ3n) is 3.70. The van der Waals surface area contributed by atoms with Gasteiger partial charge in [-0.3, -0.25) is 9.59 Å². The summed E-state index contributed by atoms with van der Waals surface area (Å²) in [5, 5.41) is 6.77. The summed E-state index contributed by atoms with van der Waals surface area (Å²) in [6, 6.07) is 13.1. The average Bonchev–Trinajstić information content (AvgIpc) is 2.61. The molecule has 142 valence electrons. The van der Waals surface area contributed by atoms with Crippen LogP contribution < -0.4 is 15.5 Å². The first-order valence-electron chi connectivity index (χ1n) is 8.41. The van der Waals surface area contributed by atoms with Gasteiger partial charge in [-0.15, -0.1) is 0 Å². The normalized spacial score (nSPS) is 11.0. The number of hydrazone groups is 1. The number of ether oxygens (including phenoxy) is 1. The minimum Gasteiger partial charge on any atom is -0.483 e. The summed E-state index contributed by atoms with van der Waals surface area (Å²) in [4.78, 5) is 23.9. The number of para-hydroxylation sites is 1. The molecule has 2 aromatic carbocycles. The lowest BCUT2D eigenvalue weighted by atomic mass is 10.2. The number of halogens is 1. The van der Waals surface area contributed by atoms with Crippen molar-refractivity contribution in [2.24, 2.45) is 5.10 Å². The minimum absolute atomic E-state index is 0.0846. The first kappa shape index (κ1) is 20.6. The van der Waals surface area contributed by atoms with E-state index in [4.69, 9.17) is 4.74 Å². The van der Waals surface area contributed by atoms with Gasteiger partial charge >= 0.3 is 0 Å². The quantitative estimate of drug-likeness (QED) is 0.514. The highest BCUT2D eigenvalue weighted by Gasteiger charge is 2.08. The number of carbonyl (C=O) groups excluding carboxylic acids is 2. The Kier molecular flexibility index (Phi) is 7.55. The molecule has 0 aliphatic heterocycles. The first-order valence-corrected chi connectivity index (χ1v) is 9.21. The summed E-state index contributed by atoms with van der Waals surface area (Å²) in [5.74, 6) is 0.0455. The van der Waals surface area contributed by atoms with Crippen LogP contribution in [0.2, 0.25) is 0 Å². The largest absolute Gasteiger partial charge is 0.483 e. The molecular weight excluding hydrogens is 410 g/mol. The van der Waals surface area contributed by atoms with Gasteiger partial charge in [0.25, 0.3) is 5.91 Å². The molecule has 0 unspecified atom stereocenters. The van der Waals surface area contributed by atoms with Crippen molar-refractivity contribution in [3.05, 3.63) is 58.1 Å². The van der Waals surface area contributed by atoms with Crippen LogP contribution in [0.4, 0.5) is 5.69 Å². The van der Waals surface area contributed by atoms with E-state index in [1.165, 1.54) is 0 Å². The Labute approximate surface area is 167 Å². The maximum atomic E-state index is 12.1. The fourth-order valence-electron chi connectivity index (χ4n) is 2.29. The van der Waals surface area contributed by atoms with E-state index in [0.29, 0.717) is 11.5 Å². The van der Waals surface area contributed by atoms with Gasteiger partial charge in [-0.2, -0.15) is 5.10 Å². The van der Waals surface area contributed by atoms with Crippen LogP contribution in [0.3, 0.4) is 0 Å². The zero-order valence-corrected chi connectivity index (χ0v) is 17.1. The fourth-order valence-corrected chi connectivity index (χ4v) is 2.76. The summed E-state index contributed by atoms with van der Waals surface area (Å²) in [6.07, 6.45) is 0.0846. The van der Waals surface area contributed by atoms with Crippen molar-refractivity contribution in [3.63, 3.8) is 0 Å². The molecule has 0 heterocycles. The number of rotatable bonds is 7. The number of hydrogen-bond acceptors (Lipinski definition) is 4. The monoisotopic (exact) mass is 431 g/mol. The molecular formula is C20H22BrN3O3. The molecule has 0 saturated heterocycles. The van der Waals surface area contributed by atoms with Crippen molar-refractivity contribution in [2.45, 2.75) is 27.2 Å². The van der Waals surface area contributed by atoms with Crippen LogP contribution in [0.5, 0.6) is 5.75 Å². The highest BCUT2D eigenvalue weighted by Crippen LogP contribution is 2.21. The van der Waals surface area contributed by atoms with Crippen LogP contribution >= 0.6 is 15.9 Å². The van der Waals surface area contributed by atoms with Crippen molar-refractivity contribution in [2.75, 3.05) is 11.9 Å². The molecule has 2 amide bonds. The Balaban J connectivity index is 1.79. The number of carbonyl (C=O) groups is 2. The molecule has 0 bridgehead atoms. The number of amides is 2. The zero-order chi connectivity index (χ0) is 19.8. The van der Waals surface area contributed by atoms with Crippen LogP contribution in [0.15, 0.2) is 52.0 Å². The van der Waals surface area contributed by atoms with Crippen molar-refractivity contribution >= 4 is 39.1 Å². The molecule has 0 aliphatic rings. The third-order valence-corrected chi connectivity index (χ3v) is 4.20. The van der Waals surface area contributed by atoms with E-state index in [9.17, 15) is 9.59 Å². The molecule has 0 fully saturated rings. The van der Waals surface area contributed by atoms with Gasteiger partial charge in [0.2, 0.25) is 5.91 Å². The van der Waals surface area contributed by atoms with Crippen LogP contribution in [0.1, 0.15) is 24.5 Å². The molecule has 0 atom stereocenters. The molecule has 2 rings (SSSR count). The van der Waals surface area contributed by atoms with Crippen molar-refractivity contribution in [3.8, 4) is 5.75 Å². The zero-order valence-electron chi connectivity index (χ0n) is 15.5. The molecule has 27 heavy (non-hydrogen) atoms. The summed E-state index contributed by atoms with van der Waals surface area (Å²) in [5.41, 5.74) is 5.56. The second-order valence-corrected chi connectivity index (χ2v) is 7.04. The van der Waals surface area contributed by atoms with E-state index in [-0.39, 0.29) is 18.9 Å². The van der Waals surface area contributed by atoms with Crippen molar-refractivity contribution in [1.82, 2.24) is 5.43 Å². The minimum atomic E-state index is -0.393. The predicted molar refractivity (Wildman–Crippen MR) is 110 cm³/mol. The van der Waals surface area contributed by atoms with Crippen LogP contribution in [-0.4, -0.2) is 24.1 Å². The van der Waals surface area contributed by atoms with E-state index in [1.807, 2.05) is 50.2 Å². The van der Waals surface area contributed by atoms with Crippen LogP contribution in [0.25, 0.3) is 0 Å². The summed E-state index contributed by atoms with van der Waals surface area (Å²) >= 11 is 3.38. The van der Waals surface area contributed by atoms with E-state index in [2.05, 4.69) is 31.8 Å². The van der Waals surface area contributed by atoms with E-state index in [1.54, 1.807) is 13.0 Å². The third kappa shape index (κ3) is 6.86. The Hall–Kier alpha value is -2.67. The van der Waals surface area contributed by atoms with Gasteiger partial charge in [-0.1, -0.05) is 34.1 Å². The number of nitrogens with zero attached hydrogens (tertiary/aromatic N) is 1. The van der Waals surface area contributed by atoms with Gasteiger partial charge in [0, 0.05) is 15.9 Å². The standard InChI is InChI=1S/C20H22BrN3O3/c1-13-6-4-5-7-17(13)22-19(25)11-15(3)23-24-20(26)12-27-18-9-8-16(21)10-14(18)2/h4-10H,11-12H2,1-3H3,(H,22,25)(H,24,26)/b23-15+. The Bertz CT molecular complexity index is 865. The average molecular weight is 432 g/mol. The maximum Gasteiger partial charge on any atom is 0.277 e. The highest BCUT2D eigenvalue weighted by molar-refractivity contribution is 9.10. The van der Waals surface area contributed by atoms with Gasteiger partial charge in [-0.25, -0.2) is 5.43 Å². The summed E-state index contributed by atoms with van der Waals surface area (Å²) < 4.78 is 6.42. The topological polar surface area (TPSA) is 79.8 Å². The van der Waals surface area contributed by atoms with E-state index in [0.717, 1.165) is 21.3 Å². The van der Waals surface area contributed by atoms with Gasteiger partial charge in [0.1, 0.15) is 5.75 Å². The molecule has 0 radical (unpaired) electrons. The molecule has 2 aromatic rings. The number of hydrogen-bond donors (Lipinski definition) is 2. The smallest absolute Gasteiger partial charge is 0.277 e. The fraction of sp³-hybridized carbons (Fsp3) is 0.250. The van der Waals surface area contributed by atoms with Gasteiger partial charge in [0.05, 0.1) is 6.42 Å². The molecule has 0 spiro atoms. The molecule has 6 nitrogen and oxygen atoms in total. The number of aryl methyl sites for hydroxylation is 2. The molecule has 0 aliphatic carbocycles. The van der Waals surface area contributed by atoms with Gasteiger partial charge in [0.15, 0.2) is 6.61 Å². The van der Waals surface area contributed by atoms with Gasteiger partial charge < -0.3 is 10.1 Å². The number of anilines is 1. The van der Waals surface area contributed by atoms with Crippen molar-refractivity contribution < 1.29 is 14.3 Å². The maximum absolute atomic E-state index is 12.1. The first-order chi connectivity index (χ1) is 12.8. The van der Waals surface area contributed by atoms with Crippen molar-refractivity contribution in [1.29, 1.82) is 0 Å². The SMILES string of the molecule is C/C(CC(=O)Nc1ccccc1C)=N\NC(=O)COc1ccc(Br)cc1C. The highest BCUT2D eigenvalue weighted by atomic mass is 79.9. The summed E-state index contributed by atoms with van der Waals surface area (Å²) in [7, 11) is 0. The number of benzene rings is 2. The van der Waals surface area contributed by atoms with Crippen LogP contribution in [-0.2, 0) is 9.59 Å². The Morgan fingerprint density at radius 2 is 1.81 bits per heavy atom.